The first-order valence-electron chi connectivity index (χ1n) is 6.50. The van der Waals surface area contributed by atoms with Crippen molar-refractivity contribution in [2.75, 3.05) is 6.54 Å². The molecule has 19 heavy (non-hydrogen) atoms. The highest BCUT2D eigenvalue weighted by molar-refractivity contribution is 5.87. The molecule has 1 rings (SSSR count). The Morgan fingerprint density at radius 3 is 2.58 bits per heavy atom. The molecule has 2 atom stereocenters. The van der Waals surface area contributed by atoms with Crippen LogP contribution < -0.4 is 5.32 Å². The highest BCUT2D eigenvalue weighted by Crippen LogP contribution is 2.16. The number of hydrogen-bond acceptors (Lipinski definition) is 4. The summed E-state index contributed by atoms with van der Waals surface area (Å²) in [4.78, 5) is 36.0. The molecule has 1 N–H and O–H groups in total. The van der Waals surface area contributed by atoms with Gasteiger partial charge in [0.1, 0.15) is 17.9 Å². The number of ether oxygens (including phenoxy) is 1. The topological polar surface area (TPSA) is 75.7 Å². The van der Waals surface area contributed by atoms with Crippen LogP contribution >= 0.6 is 0 Å². The van der Waals surface area contributed by atoms with Crippen molar-refractivity contribution in [3.8, 4) is 0 Å². The number of nitrogens with one attached hydrogen (secondary N) is 1. The van der Waals surface area contributed by atoms with Gasteiger partial charge in [-0.3, -0.25) is 4.79 Å². The molecule has 1 heterocycles. The minimum atomic E-state index is -0.699. The lowest BCUT2D eigenvalue weighted by Crippen LogP contribution is -2.49. The number of aldehydes is 1. The van der Waals surface area contributed by atoms with Gasteiger partial charge in [0.05, 0.1) is 6.04 Å². The number of hydrogen-bond donors (Lipinski definition) is 1. The molecule has 0 aromatic rings. The molecule has 0 aromatic carbocycles. The maximum absolute atomic E-state index is 12.1. The van der Waals surface area contributed by atoms with Crippen LogP contribution in [0.5, 0.6) is 0 Å². The Morgan fingerprint density at radius 1 is 1.42 bits per heavy atom. The zero-order valence-corrected chi connectivity index (χ0v) is 11.9. The molecule has 0 bridgehead atoms. The predicted octanol–water partition coefficient (Wildman–Crippen LogP) is 1.09. The summed E-state index contributed by atoms with van der Waals surface area (Å²) in [5.41, 5.74) is -0.605. The van der Waals surface area contributed by atoms with Gasteiger partial charge in [0, 0.05) is 6.54 Å². The molecule has 0 saturated carbocycles. The number of likely N-dealkylation sites (tertiary alicyclic amines) is 1. The zero-order chi connectivity index (χ0) is 14.6. The van der Waals surface area contributed by atoms with Gasteiger partial charge < -0.3 is 19.7 Å². The van der Waals surface area contributed by atoms with Crippen molar-refractivity contribution in [3.63, 3.8) is 0 Å². The first kappa shape index (κ1) is 15.5. The van der Waals surface area contributed by atoms with E-state index in [1.165, 1.54) is 4.90 Å². The third-order valence-corrected chi connectivity index (χ3v) is 2.84. The van der Waals surface area contributed by atoms with E-state index in [9.17, 15) is 14.4 Å². The zero-order valence-electron chi connectivity index (χ0n) is 11.9. The standard InChI is InChI=1S/C13H22N2O4/c1-9(14-12(18)19-13(2,3)4)11(17)15-7-5-6-10(15)8-16/h8-10H,5-7H2,1-4H3,(H,14,18)/t9-,10?/m0/s1. The van der Waals surface area contributed by atoms with Crippen LogP contribution in [0.1, 0.15) is 40.5 Å². The van der Waals surface area contributed by atoms with Crippen LogP contribution in [0.15, 0.2) is 0 Å². The summed E-state index contributed by atoms with van der Waals surface area (Å²) in [6.07, 6.45) is 1.66. The molecular formula is C13H22N2O4. The van der Waals surface area contributed by atoms with E-state index in [1.54, 1.807) is 27.7 Å². The lowest BCUT2D eigenvalue weighted by atomic mass is 10.2. The van der Waals surface area contributed by atoms with Crippen LogP contribution in [-0.2, 0) is 14.3 Å². The lowest BCUT2D eigenvalue weighted by molar-refractivity contribution is -0.136. The molecule has 1 aliphatic rings. The number of carbonyl (C=O) groups excluding carboxylic acids is 3. The molecule has 0 aromatic heterocycles. The fourth-order valence-electron chi connectivity index (χ4n) is 2.00. The average Bonchev–Trinajstić information content (AvgIpc) is 2.72. The lowest BCUT2D eigenvalue weighted by Gasteiger charge is -2.26. The van der Waals surface area contributed by atoms with Gasteiger partial charge in [-0.15, -0.1) is 0 Å². The first-order valence-corrected chi connectivity index (χ1v) is 6.50. The molecule has 108 valence electrons. The first-order chi connectivity index (χ1) is 8.74. The van der Waals surface area contributed by atoms with Crippen LogP contribution in [0.2, 0.25) is 0 Å². The van der Waals surface area contributed by atoms with Crippen molar-refractivity contribution < 1.29 is 19.1 Å². The average molecular weight is 270 g/mol. The van der Waals surface area contributed by atoms with Crippen LogP contribution in [0.25, 0.3) is 0 Å². The van der Waals surface area contributed by atoms with E-state index >= 15 is 0 Å². The summed E-state index contributed by atoms with van der Waals surface area (Å²) in [7, 11) is 0. The smallest absolute Gasteiger partial charge is 0.408 e. The second-order valence-corrected chi connectivity index (χ2v) is 5.75. The number of amides is 2. The van der Waals surface area contributed by atoms with Crippen LogP contribution in [0, 0.1) is 0 Å². The summed E-state index contributed by atoms with van der Waals surface area (Å²) in [5, 5.41) is 2.49. The Kier molecular flexibility index (Phi) is 4.91. The van der Waals surface area contributed by atoms with Gasteiger partial charge in [-0.2, -0.15) is 0 Å². The molecular weight excluding hydrogens is 248 g/mol. The minimum Gasteiger partial charge on any atom is -0.444 e. The monoisotopic (exact) mass is 270 g/mol. The SMILES string of the molecule is C[C@H](NC(=O)OC(C)(C)C)C(=O)N1CCCC1C=O. The van der Waals surface area contributed by atoms with E-state index in [1.807, 2.05) is 0 Å². The van der Waals surface area contributed by atoms with Gasteiger partial charge in [-0.1, -0.05) is 0 Å². The van der Waals surface area contributed by atoms with E-state index in [0.29, 0.717) is 13.0 Å². The summed E-state index contributed by atoms with van der Waals surface area (Å²) >= 11 is 0. The van der Waals surface area contributed by atoms with Crippen molar-refractivity contribution in [1.29, 1.82) is 0 Å². The molecule has 6 heteroatoms. The van der Waals surface area contributed by atoms with Crippen molar-refractivity contribution in [3.05, 3.63) is 0 Å². The van der Waals surface area contributed by atoms with Gasteiger partial charge in [-0.25, -0.2) is 4.79 Å². The molecule has 1 fully saturated rings. The molecule has 1 aliphatic heterocycles. The summed E-state index contributed by atoms with van der Waals surface area (Å²) < 4.78 is 5.08. The van der Waals surface area contributed by atoms with E-state index in [-0.39, 0.29) is 11.9 Å². The van der Waals surface area contributed by atoms with Gasteiger partial charge in [0.25, 0.3) is 0 Å². The van der Waals surface area contributed by atoms with Gasteiger partial charge in [-0.05, 0) is 40.5 Å². The summed E-state index contributed by atoms with van der Waals surface area (Å²) in [5.74, 6) is -0.250. The van der Waals surface area contributed by atoms with Crippen LogP contribution in [0.3, 0.4) is 0 Å². The molecule has 0 radical (unpaired) electrons. The largest absolute Gasteiger partial charge is 0.444 e. The third kappa shape index (κ3) is 4.54. The number of rotatable bonds is 3. The van der Waals surface area contributed by atoms with Crippen molar-refractivity contribution in [2.45, 2.75) is 58.2 Å². The molecule has 1 saturated heterocycles. The van der Waals surface area contributed by atoms with E-state index in [2.05, 4.69) is 5.32 Å². The van der Waals surface area contributed by atoms with Gasteiger partial charge in [0.15, 0.2) is 0 Å². The minimum absolute atomic E-state index is 0.250. The Morgan fingerprint density at radius 2 is 2.05 bits per heavy atom. The van der Waals surface area contributed by atoms with Crippen molar-refractivity contribution >= 4 is 18.3 Å². The Bertz CT molecular complexity index is 362. The van der Waals surface area contributed by atoms with Gasteiger partial charge >= 0.3 is 6.09 Å². The second kappa shape index (κ2) is 6.04. The van der Waals surface area contributed by atoms with E-state index in [0.717, 1.165) is 12.7 Å². The van der Waals surface area contributed by atoms with E-state index in [4.69, 9.17) is 4.74 Å². The maximum Gasteiger partial charge on any atom is 0.408 e. The molecule has 0 spiro atoms. The van der Waals surface area contributed by atoms with Crippen LogP contribution in [-0.4, -0.2) is 47.4 Å². The second-order valence-electron chi connectivity index (χ2n) is 5.75. The number of nitrogens with zero attached hydrogens (tertiary/aromatic N) is 1. The summed E-state index contributed by atoms with van der Waals surface area (Å²) in [6, 6.07) is -1.06. The fraction of sp³-hybridized carbons (Fsp3) is 0.769. The Balaban J connectivity index is 2.53. The van der Waals surface area contributed by atoms with E-state index < -0.39 is 17.7 Å². The predicted molar refractivity (Wildman–Crippen MR) is 69.6 cm³/mol. The molecule has 2 amide bonds. The van der Waals surface area contributed by atoms with Crippen molar-refractivity contribution in [2.24, 2.45) is 0 Å². The normalized spacial score (nSPS) is 20.8. The quantitative estimate of drug-likeness (QED) is 0.779. The van der Waals surface area contributed by atoms with Crippen molar-refractivity contribution in [1.82, 2.24) is 10.2 Å². The third-order valence-electron chi connectivity index (χ3n) is 2.84. The molecule has 6 nitrogen and oxygen atoms in total. The van der Waals surface area contributed by atoms with Gasteiger partial charge in [0.2, 0.25) is 5.91 Å². The molecule has 1 unspecified atom stereocenters. The molecule has 0 aliphatic carbocycles. The summed E-state index contributed by atoms with van der Waals surface area (Å²) in [6.45, 7) is 7.40. The maximum atomic E-state index is 12.1. The Hall–Kier alpha value is -1.59. The Labute approximate surface area is 113 Å². The fourth-order valence-corrected chi connectivity index (χ4v) is 2.00. The van der Waals surface area contributed by atoms with Crippen LogP contribution in [0.4, 0.5) is 4.79 Å². The number of alkyl carbamates (subject to hydrolysis) is 1. The number of carbonyl (C=O) groups is 3. The highest BCUT2D eigenvalue weighted by atomic mass is 16.6. The highest BCUT2D eigenvalue weighted by Gasteiger charge is 2.32.